The highest BCUT2D eigenvalue weighted by molar-refractivity contribution is 9.10. The molecule has 0 aromatic heterocycles. The fourth-order valence-electron chi connectivity index (χ4n) is 1.96. The summed E-state index contributed by atoms with van der Waals surface area (Å²) in [7, 11) is -3.71. The van der Waals surface area contributed by atoms with E-state index in [1.165, 1.54) is 12.1 Å². The van der Waals surface area contributed by atoms with E-state index in [1.807, 2.05) is 19.9 Å². The Hall–Kier alpha value is -1.73. The summed E-state index contributed by atoms with van der Waals surface area (Å²) in [6.07, 6.45) is 0. The lowest BCUT2D eigenvalue weighted by molar-refractivity contribution is 0.287. The number of anilines is 1. The Morgan fingerprint density at radius 1 is 1.00 bits per heavy atom. The number of hydrogen-bond donors (Lipinski definition) is 1. The Morgan fingerprint density at radius 2 is 1.70 bits per heavy atom. The van der Waals surface area contributed by atoms with Crippen molar-refractivity contribution in [3.8, 4) is 11.5 Å². The Balaban J connectivity index is 2.33. The van der Waals surface area contributed by atoms with E-state index in [0.29, 0.717) is 30.4 Å². The van der Waals surface area contributed by atoms with E-state index in [0.717, 1.165) is 4.47 Å². The van der Waals surface area contributed by atoms with Gasteiger partial charge in [-0.05, 0) is 44.2 Å². The number of rotatable bonds is 7. The van der Waals surface area contributed by atoms with E-state index in [1.54, 1.807) is 24.3 Å². The summed E-state index contributed by atoms with van der Waals surface area (Å²) in [5.41, 5.74) is 0.478. The largest absolute Gasteiger partial charge is 0.490 e. The Kier molecular flexibility index (Phi) is 5.90. The van der Waals surface area contributed by atoms with Gasteiger partial charge in [0.25, 0.3) is 10.0 Å². The van der Waals surface area contributed by atoms with Gasteiger partial charge in [-0.15, -0.1) is 0 Å². The predicted octanol–water partition coefficient (Wildman–Crippen LogP) is 4.05. The normalized spacial score (nSPS) is 11.1. The number of halogens is 1. The van der Waals surface area contributed by atoms with Crippen LogP contribution in [0.4, 0.5) is 5.69 Å². The van der Waals surface area contributed by atoms with E-state index < -0.39 is 10.0 Å². The molecule has 1 N–H and O–H groups in total. The fraction of sp³-hybridized carbons (Fsp3) is 0.250. The van der Waals surface area contributed by atoms with Gasteiger partial charge in [0, 0.05) is 16.2 Å². The summed E-state index contributed by atoms with van der Waals surface area (Å²) < 4.78 is 39.3. The van der Waals surface area contributed by atoms with Gasteiger partial charge in [-0.2, -0.15) is 0 Å². The third kappa shape index (κ3) is 4.62. The van der Waals surface area contributed by atoms with Crippen LogP contribution < -0.4 is 14.2 Å². The minimum Gasteiger partial charge on any atom is -0.490 e. The van der Waals surface area contributed by atoms with Crippen molar-refractivity contribution in [2.45, 2.75) is 18.7 Å². The number of hydrogen-bond acceptors (Lipinski definition) is 4. The second kappa shape index (κ2) is 7.70. The molecular weight excluding hydrogens is 382 g/mol. The highest BCUT2D eigenvalue weighted by Gasteiger charge is 2.17. The number of sulfonamides is 1. The van der Waals surface area contributed by atoms with Gasteiger partial charge in [0.2, 0.25) is 0 Å². The molecule has 0 radical (unpaired) electrons. The summed E-state index contributed by atoms with van der Waals surface area (Å²) in [6, 6.07) is 11.5. The Labute approximate surface area is 144 Å². The monoisotopic (exact) mass is 399 g/mol. The summed E-state index contributed by atoms with van der Waals surface area (Å²) in [6.45, 7) is 4.58. The molecule has 0 spiro atoms. The van der Waals surface area contributed by atoms with Crippen molar-refractivity contribution in [3.05, 3.63) is 46.9 Å². The summed E-state index contributed by atoms with van der Waals surface area (Å²) in [5, 5.41) is 0. The minimum absolute atomic E-state index is 0.115. The zero-order valence-electron chi connectivity index (χ0n) is 12.9. The van der Waals surface area contributed by atoms with E-state index in [-0.39, 0.29) is 4.90 Å². The van der Waals surface area contributed by atoms with Crippen LogP contribution in [0.2, 0.25) is 0 Å². The van der Waals surface area contributed by atoms with Crippen LogP contribution in [0.25, 0.3) is 0 Å². The molecule has 0 unspecified atom stereocenters. The molecule has 2 rings (SSSR count). The maximum absolute atomic E-state index is 12.5. The molecule has 0 aliphatic carbocycles. The van der Waals surface area contributed by atoms with E-state index >= 15 is 0 Å². The Morgan fingerprint density at radius 3 is 2.35 bits per heavy atom. The van der Waals surface area contributed by atoms with Crippen molar-refractivity contribution in [1.82, 2.24) is 0 Å². The van der Waals surface area contributed by atoms with Crippen LogP contribution >= 0.6 is 15.9 Å². The van der Waals surface area contributed by atoms with Crippen LogP contribution in [-0.2, 0) is 10.0 Å². The quantitative estimate of drug-likeness (QED) is 0.762. The first-order chi connectivity index (χ1) is 11.0. The zero-order chi connectivity index (χ0) is 16.9. The molecule has 0 saturated heterocycles. The van der Waals surface area contributed by atoms with Gasteiger partial charge in [-0.3, -0.25) is 4.72 Å². The molecule has 0 aliphatic heterocycles. The highest BCUT2D eigenvalue weighted by Crippen LogP contribution is 2.31. The second-order valence-corrected chi connectivity index (χ2v) is 7.19. The average Bonchev–Trinajstić information content (AvgIpc) is 2.49. The standard InChI is InChI=1S/C16H18BrNO4S/c1-3-21-15-9-8-14(11-16(15)22-4-2)23(19,20)18-13-7-5-6-12(17)10-13/h5-11,18H,3-4H2,1-2H3. The lowest BCUT2D eigenvalue weighted by Crippen LogP contribution is -2.13. The summed E-state index contributed by atoms with van der Waals surface area (Å²) in [5.74, 6) is 0.933. The summed E-state index contributed by atoms with van der Waals surface area (Å²) >= 11 is 3.31. The fourth-order valence-corrected chi connectivity index (χ4v) is 3.43. The molecule has 0 aliphatic rings. The molecular formula is C16H18BrNO4S. The van der Waals surface area contributed by atoms with Gasteiger partial charge >= 0.3 is 0 Å². The van der Waals surface area contributed by atoms with Crippen LogP contribution in [0.5, 0.6) is 11.5 Å². The second-order valence-electron chi connectivity index (χ2n) is 4.59. The van der Waals surface area contributed by atoms with Crippen LogP contribution in [0.3, 0.4) is 0 Å². The van der Waals surface area contributed by atoms with Crippen molar-refractivity contribution >= 4 is 31.6 Å². The Bertz CT molecular complexity index is 777. The van der Waals surface area contributed by atoms with Crippen LogP contribution in [0.15, 0.2) is 51.8 Å². The first kappa shape index (κ1) is 17.6. The minimum atomic E-state index is -3.71. The van der Waals surface area contributed by atoms with Gasteiger partial charge in [0.05, 0.1) is 18.1 Å². The maximum atomic E-state index is 12.5. The maximum Gasteiger partial charge on any atom is 0.262 e. The number of benzene rings is 2. The topological polar surface area (TPSA) is 64.6 Å². The van der Waals surface area contributed by atoms with Gasteiger partial charge in [-0.25, -0.2) is 8.42 Å². The summed E-state index contributed by atoms with van der Waals surface area (Å²) in [4.78, 5) is 0.115. The van der Waals surface area contributed by atoms with Crippen molar-refractivity contribution in [2.24, 2.45) is 0 Å². The predicted molar refractivity (Wildman–Crippen MR) is 93.7 cm³/mol. The van der Waals surface area contributed by atoms with Crippen molar-refractivity contribution in [1.29, 1.82) is 0 Å². The third-order valence-electron chi connectivity index (χ3n) is 2.90. The van der Waals surface area contributed by atoms with Crippen molar-refractivity contribution < 1.29 is 17.9 Å². The molecule has 23 heavy (non-hydrogen) atoms. The first-order valence-corrected chi connectivity index (χ1v) is 9.42. The van der Waals surface area contributed by atoms with E-state index in [4.69, 9.17) is 9.47 Å². The molecule has 7 heteroatoms. The smallest absolute Gasteiger partial charge is 0.262 e. The van der Waals surface area contributed by atoms with Gasteiger partial charge in [0.15, 0.2) is 11.5 Å². The lowest BCUT2D eigenvalue weighted by Gasteiger charge is -2.13. The highest BCUT2D eigenvalue weighted by atomic mass is 79.9. The number of ether oxygens (including phenoxy) is 2. The van der Waals surface area contributed by atoms with Crippen molar-refractivity contribution in [2.75, 3.05) is 17.9 Å². The van der Waals surface area contributed by atoms with E-state index in [2.05, 4.69) is 20.7 Å². The van der Waals surface area contributed by atoms with Gasteiger partial charge < -0.3 is 9.47 Å². The first-order valence-electron chi connectivity index (χ1n) is 7.14. The van der Waals surface area contributed by atoms with Gasteiger partial charge in [0.1, 0.15) is 0 Å². The zero-order valence-corrected chi connectivity index (χ0v) is 15.3. The SMILES string of the molecule is CCOc1ccc(S(=O)(=O)Nc2cccc(Br)c2)cc1OCC. The molecule has 0 bridgehead atoms. The molecule has 0 atom stereocenters. The molecule has 0 amide bonds. The molecule has 5 nitrogen and oxygen atoms in total. The van der Waals surface area contributed by atoms with Gasteiger partial charge in [-0.1, -0.05) is 22.0 Å². The molecule has 2 aromatic rings. The molecule has 0 saturated carbocycles. The molecule has 2 aromatic carbocycles. The number of nitrogens with one attached hydrogen (secondary N) is 1. The third-order valence-corrected chi connectivity index (χ3v) is 4.77. The van der Waals surface area contributed by atoms with Crippen molar-refractivity contribution in [3.63, 3.8) is 0 Å². The van der Waals surface area contributed by atoms with Crippen LogP contribution in [-0.4, -0.2) is 21.6 Å². The average molecular weight is 400 g/mol. The van der Waals surface area contributed by atoms with E-state index in [9.17, 15) is 8.42 Å². The van der Waals surface area contributed by atoms with Crippen LogP contribution in [0.1, 0.15) is 13.8 Å². The lowest BCUT2D eigenvalue weighted by atomic mass is 10.3. The molecule has 124 valence electrons. The van der Waals surface area contributed by atoms with Crippen LogP contribution in [0, 0.1) is 0 Å². The molecule has 0 fully saturated rings. The molecule has 0 heterocycles.